The van der Waals surface area contributed by atoms with Crippen molar-refractivity contribution in [2.45, 2.75) is 6.92 Å². The van der Waals surface area contributed by atoms with Gasteiger partial charge in [-0.2, -0.15) is 0 Å². The van der Waals surface area contributed by atoms with E-state index < -0.39 is 0 Å². The van der Waals surface area contributed by atoms with Gasteiger partial charge in [-0.1, -0.05) is 174 Å². The molecule has 9 rings (SSSR count). The summed E-state index contributed by atoms with van der Waals surface area (Å²) in [4.78, 5) is 35.2. The molecule has 2 aliphatic rings. The van der Waals surface area contributed by atoms with E-state index >= 15 is 0 Å². The first-order valence-corrected chi connectivity index (χ1v) is 20.7. The van der Waals surface area contributed by atoms with Crippen LogP contribution < -0.4 is 0 Å². The predicted molar refractivity (Wildman–Crippen MR) is 236 cm³/mol. The Hall–Kier alpha value is -1.41. The van der Waals surface area contributed by atoms with Gasteiger partial charge in [-0.05, 0) is 12.5 Å². The minimum Gasteiger partial charge on any atom is -0.324 e. The third-order valence-corrected chi connectivity index (χ3v) is 15.8. The molecule has 0 atom stereocenters. The fourth-order valence-electron chi connectivity index (χ4n) is 6.38. The van der Waals surface area contributed by atoms with Crippen molar-refractivity contribution in [1.82, 2.24) is 39.9 Å². The van der Waals surface area contributed by atoms with E-state index in [4.69, 9.17) is 204 Å². The lowest BCUT2D eigenvalue weighted by atomic mass is 10.1. The fourth-order valence-corrected chi connectivity index (χ4v) is 10.3. The molecule has 3 aromatic heterocycles. The largest absolute Gasteiger partial charge is 0.324 e. The Morgan fingerprint density at radius 1 is 0.268 bits per heavy atom. The molecule has 2 aliphatic heterocycles. The summed E-state index contributed by atoms with van der Waals surface area (Å²) < 4.78 is 0. The summed E-state index contributed by atoms with van der Waals surface area (Å²) in [5.74, 6) is -0.134. The molecule has 2 N–H and O–H groups in total. The van der Waals surface area contributed by atoms with Crippen molar-refractivity contribution in [2.24, 2.45) is 0 Å². The quantitative estimate of drug-likeness (QED) is 0.116. The van der Waals surface area contributed by atoms with Crippen LogP contribution in [-0.2, 0) is 0 Å². The summed E-state index contributed by atoms with van der Waals surface area (Å²) in [5.41, 5.74) is 1.40. The molecule has 56 heavy (non-hydrogen) atoms. The lowest BCUT2D eigenvalue weighted by Crippen LogP contribution is -1.89. The van der Waals surface area contributed by atoms with Gasteiger partial charge < -0.3 is 9.97 Å². The number of aromatic amines is 2. The zero-order valence-corrected chi connectivity index (χ0v) is 37.7. The minimum atomic E-state index is -0.0717. The highest BCUT2D eigenvalue weighted by Gasteiger charge is 2.33. The number of hydrogen-bond donors (Lipinski definition) is 2. The minimum absolute atomic E-state index is 0.0211. The second kappa shape index (κ2) is 14.1. The molecule has 0 amide bonds. The van der Waals surface area contributed by atoms with Crippen molar-refractivity contribution in [3.8, 4) is 45.6 Å². The maximum atomic E-state index is 6.97. The zero-order valence-electron chi connectivity index (χ0n) is 26.4. The lowest BCUT2D eigenvalue weighted by molar-refractivity contribution is 1.19. The van der Waals surface area contributed by atoms with Crippen molar-refractivity contribution >= 4 is 218 Å². The molecule has 0 fully saturated rings. The molecular weight excluding hydrogens is 1040 g/mol. The number of rotatable bonds is 0. The number of benzene rings is 4. The Morgan fingerprint density at radius 3 is 0.786 bits per heavy atom. The highest BCUT2D eigenvalue weighted by atomic mass is 35.5. The van der Waals surface area contributed by atoms with E-state index in [0.29, 0.717) is 10.9 Å². The van der Waals surface area contributed by atoms with Crippen LogP contribution in [0.3, 0.4) is 0 Å². The molecule has 7 aromatic rings. The predicted octanol–water partition coefficient (Wildman–Crippen LogP) is 17.0. The molecule has 0 saturated heterocycles. The van der Waals surface area contributed by atoms with E-state index in [2.05, 4.69) is 9.97 Å². The molecule has 0 saturated carbocycles. The monoisotopic (exact) mass is 1040 g/mol. The van der Waals surface area contributed by atoms with Crippen LogP contribution in [0.15, 0.2) is 0 Å². The van der Waals surface area contributed by atoms with E-state index in [9.17, 15) is 0 Å². The Bertz CT molecular complexity index is 2820. The van der Waals surface area contributed by atoms with E-state index in [0.717, 1.165) is 0 Å². The molecule has 282 valence electrons. The number of H-pyrrole nitrogens is 2. The van der Waals surface area contributed by atoms with Crippen LogP contribution in [0.1, 0.15) is 5.56 Å². The van der Waals surface area contributed by atoms with Gasteiger partial charge in [0.25, 0.3) is 0 Å². The highest BCUT2D eigenvalue weighted by Crippen LogP contribution is 2.54. The molecule has 5 heterocycles. The normalized spacial score (nSPS) is 12.3. The molecule has 8 nitrogen and oxygen atoms in total. The summed E-state index contributed by atoms with van der Waals surface area (Å²) in [6.07, 6.45) is 0. The van der Waals surface area contributed by atoms with Crippen molar-refractivity contribution in [2.75, 3.05) is 0 Å². The first-order chi connectivity index (χ1) is 26.4. The van der Waals surface area contributed by atoms with Crippen LogP contribution in [-0.4, -0.2) is 39.9 Å². The van der Waals surface area contributed by atoms with Gasteiger partial charge >= 0.3 is 0 Å². The second-order valence-corrected chi connectivity index (χ2v) is 17.6. The van der Waals surface area contributed by atoms with E-state index in [-0.39, 0.29) is 160 Å². The van der Waals surface area contributed by atoms with Gasteiger partial charge in [0.05, 0.1) is 108 Å². The topological polar surface area (TPSA) is 109 Å². The first-order valence-electron chi connectivity index (χ1n) is 15.0. The van der Waals surface area contributed by atoms with Crippen molar-refractivity contribution in [3.05, 3.63) is 80.9 Å². The maximum Gasteiger partial charge on any atom is 0.166 e. The smallest absolute Gasteiger partial charge is 0.166 e. The summed E-state index contributed by atoms with van der Waals surface area (Å²) in [7, 11) is 0. The highest BCUT2D eigenvalue weighted by molar-refractivity contribution is 6.58. The molecule has 0 aliphatic carbocycles. The Kier molecular flexibility index (Phi) is 10.1. The van der Waals surface area contributed by atoms with Crippen LogP contribution in [0.5, 0.6) is 0 Å². The molecule has 8 bridgehead atoms. The zero-order chi connectivity index (χ0) is 40.1. The fraction of sp³-hybridized carbons (Fsp3) is 0.0303. The van der Waals surface area contributed by atoms with Crippen LogP contribution in [0.25, 0.3) is 89.7 Å². The maximum absolute atomic E-state index is 6.97. The number of hydrogen-bond acceptors (Lipinski definition) is 6. The first kappa shape index (κ1) is 40.0. The number of aromatic nitrogens is 8. The van der Waals surface area contributed by atoms with E-state index in [1.165, 1.54) is 0 Å². The molecule has 4 aromatic carbocycles. The average molecular weight is 1050 g/mol. The van der Waals surface area contributed by atoms with Crippen molar-refractivity contribution < 1.29 is 0 Å². The number of fused-ring (bicyclic) bond motifs is 20. The Balaban J connectivity index is 1.61. The summed E-state index contributed by atoms with van der Waals surface area (Å²) in [5, 5.41) is 0.726. The van der Waals surface area contributed by atoms with Crippen molar-refractivity contribution in [3.63, 3.8) is 0 Å². The molecule has 0 radical (unpaired) electrons. The van der Waals surface area contributed by atoms with Gasteiger partial charge in [0, 0.05) is 10.8 Å². The van der Waals surface area contributed by atoms with Crippen LogP contribution in [0.4, 0.5) is 0 Å². The number of nitrogens with zero attached hydrogens (tertiary/aromatic N) is 6. The standard InChI is InChI=1S/C33H5Cl15N8/c1-2-11(34)3-4(13(36)12(2)35)27-49-26(3)50-28-5-6(15(38)21(44)20(43)14(5)37)30(52-28)54-32-9-10(19(42)25(48)24(47)18(9)41)33(56-32)55-31-8-7(29(51-27)53-31)16(39)22(45)23(46)17(8)40/h1H3,(H2,49,50,51,52,53,54,55,56). The van der Waals surface area contributed by atoms with E-state index in [1.807, 2.05) is 0 Å². The third kappa shape index (κ3) is 5.57. The van der Waals surface area contributed by atoms with Crippen LogP contribution in [0, 0.1) is 6.92 Å². The molecular formula is C33H5Cl15N8. The summed E-state index contributed by atoms with van der Waals surface area (Å²) >= 11 is 101. The average Bonchev–Trinajstić information content (AvgIpc) is 3.92. The number of nitrogens with one attached hydrogen (secondary N) is 2. The SMILES string of the molecule is Cc1c(Cl)c(Cl)c2c3nc4nc(nc5[nH]c(nc6nc(nc([nH]3)c2c1Cl)-c1c(Cl)c(Cl)c(Cl)c(Cl)c1-6)c1c(Cl)c(Cl)c(Cl)c(Cl)c51)-c1c(Cl)c(Cl)c(Cl)c(Cl)c1-4. The molecule has 0 spiro atoms. The molecule has 0 unspecified atom stereocenters. The van der Waals surface area contributed by atoms with E-state index in [1.54, 1.807) is 6.92 Å². The number of halogens is 15. The summed E-state index contributed by atoms with van der Waals surface area (Å²) in [6, 6.07) is 0. The van der Waals surface area contributed by atoms with Gasteiger partial charge in [0.1, 0.15) is 22.6 Å². The van der Waals surface area contributed by atoms with Gasteiger partial charge in [-0.15, -0.1) is 0 Å². The summed E-state index contributed by atoms with van der Waals surface area (Å²) in [6.45, 7) is 1.68. The van der Waals surface area contributed by atoms with Crippen molar-refractivity contribution in [1.29, 1.82) is 0 Å². The van der Waals surface area contributed by atoms with Crippen LogP contribution in [0.2, 0.25) is 75.3 Å². The Labute approximate surface area is 387 Å². The molecule has 23 heteroatoms. The Morgan fingerprint density at radius 2 is 0.500 bits per heavy atom. The van der Waals surface area contributed by atoms with Gasteiger partial charge in [-0.25, -0.2) is 29.9 Å². The third-order valence-electron chi connectivity index (χ3n) is 8.95. The van der Waals surface area contributed by atoms with Crippen LogP contribution >= 0.6 is 174 Å². The van der Waals surface area contributed by atoms with Gasteiger partial charge in [0.2, 0.25) is 0 Å². The second-order valence-electron chi connectivity index (χ2n) is 11.9. The van der Waals surface area contributed by atoms with Gasteiger partial charge in [0.15, 0.2) is 23.3 Å². The van der Waals surface area contributed by atoms with Gasteiger partial charge in [-0.3, -0.25) is 0 Å². The lowest BCUT2D eigenvalue weighted by Gasteiger charge is -2.09.